The van der Waals surface area contributed by atoms with Gasteiger partial charge >= 0.3 is 0 Å². The number of thiophene rings is 1. The maximum atomic E-state index is 9.03. The summed E-state index contributed by atoms with van der Waals surface area (Å²) >= 11 is 1.83. The van der Waals surface area contributed by atoms with Gasteiger partial charge in [-0.25, -0.2) is 9.98 Å². The number of aliphatic imine (C=N–C) groups is 2. The molecule has 43 heavy (non-hydrogen) atoms. The van der Waals surface area contributed by atoms with Crippen LogP contribution in [0.4, 0.5) is 0 Å². The fourth-order valence-corrected chi connectivity index (χ4v) is 7.06. The minimum absolute atomic E-state index is 0.183. The molecule has 7 aromatic carbocycles. The predicted molar refractivity (Wildman–Crippen MR) is 186 cm³/mol. The predicted octanol–water partition coefficient (Wildman–Crippen LogP) is 10.4. The smallest absolute Gasteiger partial charge is 0.161 e. The van der Waals surface area contributed by atoms with Crippen LogP contribution >= 0.6 is 11.3 Å². The zero-order valence-corrected chi connectivity index (χ0v) is 24.0. The summed E-state index contributed by atoms with van der Waals surface area (Å²) < 4.78 is 2.58. The van der Waals surface area contributed by atoms with Gasteiger partial charge in [-0.2, -0.15) is 0 Å². The Kier molecular flexibility index (Phi) is 6.13. The summed E-state index contributed by atoms with van der Waals surface area (Å²) in [5.74, 6) is 0.687. The molecule has 1 aromatic heterocycles. The molecule has 0 aliphatic rings. The molecular weight excluding hydrogens is 543 g/mol. The molecule has 8 rings (SSSR count). The summed E-state index contributed by atoms with van der Waals surface area (Å²) in [6.07, 6.45) is 1.87. The molecule has 0 atom stereocenters. The third kappa shape index (κ3) is 4.58. The highest BCUT2D eigenvalue weighted by molar-refractivity contribution is 7.26. The average Bonchev–Trinajstić information content (AvgIpc) is 3.45. The Balaban J connectivity index is 1.25. The van der Waals surface area contributed by atoms with Crippen molar-refractivity contribution >= 4 is 81.7 Å². The molecule has 1 heterocycles. The Bertz CT molecular complexity index is 2420. The highest BCUT2D eigenvalue weighted by Crippen LogP contribution is 2.38. The first-order chi connectivity index (χ1) is 21.2. The first kappa shape index (κ1) is 25.3. The van der Waals surface area contributed by atoms with Crippen LogP contribution in [0, 0.1) is 5.41 Å². The summed E-state index contributed by atoms with van der Waals surface area (Å²) in [5.41, 5.74) is 2.64. The quantitative estimate of drug-likeness (QED) is 0.163. The maximum Gasteiger partial charge on any atom is 0.161 e. The van der Waals surface area contributed by atoms with Gasteiger partial charge in [0.2, 0.25) is 0 Å². The zero-order chi connectivity index (χ0) is 28.8. The lowest BCUT2D eigenvalue weighted by Gasteiger charge is -2.08. The molecule has 8 aromatic rings. The number of benzene rings is 7. The van der Waals surface area contributed by atoms with Gasteiger partial charge in [-0.1, -0.05) is 121 Å². The Hall–Kier alpha value is -5.45. The fourth-order valence-electron chi connectivity index (χ4n) is 5.83. The number of rotatable bonds is 3. The molecule has 0 unspecified atom stereocenters. The number of nitrogens with one attached hydrogen (secondary N) is 1. The second kappa shape index (κ2) is 10.4. The van der Waals surface area contributed by atoms with Gasteiger partial charge in [0, 0.05) is 42.9 Å². The van der Waals surface area contributed by atoms with E-state index in [2.05, 4.69) is 91.0 Å². The van der Waals surface area contributed by atoms with Gasteiger partial charge in [-0.15, -0.1) is 11.3 Å². The maximum absolute atomic E-state index is 9.03. The Morgan fingerprint density at radius 2 is 1.26 bits per heavy atom. The van der Waals surface area contributed by atoms with Gasteiger partial charge in [0.05, 0.1) is 0 Å². The first-order valence-corrected chi connectivity index (χ1v) is 15.1. The van der Waals surface area contributed by atoms with Crippen LogP contribution in [0.1, 0.15) is 16.7 Å². The molecule has 1 N–H and O–H groups in total. The number of fused-ring (bicyclic) bond motifs is 7. The van der Waals surface area contributed by atoms with Gasteiger partial charge in [0.1, 0.15) is 0 Å². The van der Waals surface area contributed by atoms with Crippen molar-refractivity contribution in [1.82, 2.24) is 0 Å². The van der Waals surface area contributed by atoms with E-state index in [1.165, 1.54) is 30.9 Å². The van der Waals surface area contributed by atoms with Crippen molar-refractivity contribution in [1.29, 1.82) is 5.41 Å². The van der Waals surface area contributed by atoms with E-state index in [9.17, 15) is 0 Å². The van der Waals surface area contributed by atoms with Gasteiger partial charge < -0.3 is 0 Å². The molecule has 0 amide bonds. The second-order valence-electron chi connectivity index (χ2n) is 10.7. The van der Waals surface area contributed by atoms with E-state index < -0.39 is 0 Å². The van der Waals surface area contributed by atoms with Crippen molar-refractivity contribution in [3.8, 4) is 0 Å². The van der Waals surface area contributed by atoms with E-state index in [-0.39, 0.29) is 5.84 Å². The second-order valence-corrected chi connectivity index (χ2v) is 11.7. The zero-order valence-electron chi connectivity index (χ0n) is 23.2. The molecular formula is C39H25N3S. The van der Waals surface area contributed by atoms with Crippen molar-refractivity contribution in [2.24, 2.45) is 9.98 Å². The largest absolute Gasteiger partial charge is 0.282 e. The van der Waals surface area contributed by atoms with Crippen LogP contribution in [0.3, 0.4) is 0 Å². The fraction of sp³-hybridized carbons (Fsp3) is 0. The van der Waals surface area contributed by atoms with E-state index in [4.69, 9.17) is 15.4 Å². The molecule has 0 aliphatic carbocycles. The highest BCUT2D eigenvalue weighted by atomic mass is 32.1. The third-order valence-corrected chi connectivity index (χ3v) is 9.21. The lowest BCUT2D eigenvalue weighted by Crippen LogP contribution is -2.05. The van der Waals surface area contributed by atoms with Crippen molar-refractivity contribution in [2.75, 3.05) is 0 Å². The van der Waals surface area contributed by atoms with E-state index in [0.29, 0.717) is 5.84 Å². The Morgan fingerprint density at radius 1 is 0.558 bits per heavy atom. The monoisotopic (exact) mass is 567 g/mol. The lowest BCUT2D eigenvalue weighted by molar-refractivity contribution is 1.41. The van der Waals surface area contributed by atoms with Gasteiger partial charge in [0.25, 0.3) is 0 Å². The lowest BCUT2D eigenvalue weighted by atomic mass is 10.0. The molecule has 4 heteroatoms. The molecule has 0 saturated carbocycles. The Labute approximate surface area is 252 Å². The van der Waals surface area contributed by atoms with Gasteiger partial charge in [-0.3, -0.25) is 5.41 Å². The number of nitrogens with zero attached hydrogens (tertiary/aromatic N) is 2. The van der Waals surface area contributed by atoms with Crippen molar-refractivity contribution in [2.45, 2.75) is 0 Å². The molecule has 0 radical (unpaired) electrons. The van der Waals surface area contributed by atoms with Crippen LogP contribution in [0.25, 0.3) is 52.5 Å². The number of hydrogen-bond acceptors (Lipinski definition) is 2. The minimum atomic E-state index is 0.183. The van der Waals surface area contributed by atoms with Crippen LogP contribution in [0.2, 0.25) is 0 Å². The van der Waals surface area contributed by atoms with E-state index in [1.54, 1.807) is 0 Å². The third-order valence-electron chi connectivity index (χ3n) is 7.99. The van der Waals surface area contributed by atoms with Crippen molar-refractivity contribution < 1.29 is 0 Å². The number of amidine groups is 2. The summed E-state index contributed by atoms with van der Waals surface area (Å²) in [4.78, 5) is 9.77. The van der Waals surface area contributed by atoms with E-state index >= 15 is 0 Å². The highest BCUT2D eigenvalue weighted by Gasteiger charge is 2.11. The molecule has 0 bridgehead atoms. The van der Waals surface area contributed by atoms with E-state index in [1.807, 2.05) is 66.1 Å². The molecule has 0 spiro atoms. The van der Waals surface area contributed by atoms with Crippen molar-refractivity contribution in [3.05, 3.63) is 156 Å². The normalized spacial score (nSPS) is 12.3. The first-order valence-electron chi connectivity index (χ1n) is 14.2. The standard InChI is InChI=1S/C39H25N3S/c40-38(34-14-7-11-27-9-3-4-12-31(27)34)42-39(30-19-18-26-8-1-2-10-29(26)23-30)41-24-25-16-17-28-20-21-33-32-13-5-6-15-36(32)43-37(33)35(28)22-25/h1-24,40H. The minimum Gasteiger partial charge on any atom is -0.282 e. The number of hydrogen-bond donors (Lipinski definition) is 1. The van der Waals surface area contributed by atoms with E-state index in [0.717, 1.165) is 38.2 Å². The van der Waals surface area contributed by atoms with Crippen LogP contribution in [-0.4, -0.2) is 17.9 Å². The molecule has 0 fully saturated rings. The summed E-state index contributed by atoms with van der Waals surface area (Å²) in [5, 5.41) is 18.4. The average molecular weight is 568 g/mol. The molecule has 0 saturated heterocycles. The van der Waals surface area contributed by atoms with Crippen molar-refractivity contribution in [3.63, 3.8) is 0 Å². The SMILES string of the molecule is N=C(N=C(N=Cc1ccc2ccc3c4ccccc4sc3c2c1)c1ccc2ccccc2c1)c1cccc2ccccc12. The van der Waals surface area contributed by atoms with Crippen LogP contribution in [-0.2, 0) is 0 Å². The summed E-state index contributed by atoms with van der Waals surface area (Å²) in [6, 6.07) is 48.1. The molecule has 0 aliphatic heterocycles. The summed E-state index contributed by atoms with van der Waals surface area (Å²) in [7, 11) is 0. The topological polar surface area (TPSA) is 48.6 Å². The Morgan fingerprint density at radius 3 is 2.16 bits per heavy atom. The molecule has 3 nitrogen and oxygen atoms in total. The van der Waals surface area contributed by atoms with Crippen LogP contribution in [0.15, 0.2) is 150 Å². The van der Waals surface area contributed by atoms with Crippen LogP contribution in [0.5, 0.6) is 0 Å². The van der Waals surface area contributed by atoms with Gasteiger partial charge in [-0.05, 0) is 50.7 Å². The van der Waals surface area contributed by atoms with Gasteiger partial charge in [0.15, 0.2) is 11.7 Å². The summed E-state index contributed by atoms with van der Waals surface area (Å²) in [6.45, 7) is 0. The van der Waals surface area contributed by atoms with Crippen LogP contribution < -0.4 is 0 Å². The molecule has 202 valence electrons.